The van der Waals surface area contributed by atoms with E-state index in [0.717, 1.165) is 45.7 Å². The van der Waals surface area contributed by atoms with Crippen LogP contribution in [-0.2, 0) is 9.53 Å². The molecule has 0 aliphatic carbocycles. The largest absolute Gasteiger partial charge is 0.383 e. The van der Waals surface area contributed by atoms with Crippen LogP contribution in [0.4, 0.5) is 0 Å². The first-order valence-corrected chi connectivity index (χ1v) is 9.18. The molecule has 0 unspecified atom stereocenters. The molecule has 2 rings (SSSR count). The molecule has 1 amide bonds. The van der Waals surface area contributed by atoms with Gasteiger partial charge in [0.1, 0.15) is 0 Å². The summed E-state index contributed by atoms with van der Waals surface area (Å²) in [6, 6.07) is 0.875. The van der Waals surface area contributed by atoms with Crippen molar-refractivity contribution in [1.82, 2.24) is 14.7 Å². The highest BCUT2D eigenvalue weighted by Gasteiger charge is 2.36. The van der Waals surface area contributed by atoms with E-state index in [2.05, 4.69) is 42.4 Å². The number of hydrogen-bond acceptors (Lipinski definition) is 4. The highest BCUT2D eigenvalue weighted by molar-refractivity contribution is 5.79. The summed E-state index contributed by atoms with van der Waals surface area (Å²) < 4.78 is 5.41. The lowest BCUT2D eigenvalue weighted by molar-refractivity contribution is -0.139. The maximum atomic E-state index is 12.9. The first kappa shape index (κ1) is 18.7. The maximum absolute atomic E-state index is 12.9. The molecular weight excluding hydrogens is 290 g/mol. The number of nitrogens with zero attached hydrogens (tertiary/aromatic N) is 3. The Balaban J connectivity index is 1.92. The van der Waals surface area contributed by atoms with Crippen molar-refractivity contribution in [3.05, 3.63) is 0 Å². The Labute approximate surface area is 141 Å². The summed E-state index contributed by atoms with van der Waals surface area (Å²) in [4.78, 5) is 19.9. The molecule has 2 aliphatic rings. The van der Waals surface area contributed by atoms with Gasteiger partial charge in [-0.3, -0.25) is 9.69 Å². The smallest absolute Gasteiger partial charge is 0.227 e. The zero-order valence-corrected chi connectivity index (χ0v) is 15.6. The second-order valence-electron chi connectivity index (χ2n) is 7.86. The number of hydrogen-bond donors (Lipinski definition) is 0. The normalized spacial score (nSPS) is 27.3. The van der Waals surface area contributed by atoms with Crippen molar-refractivity contribution >= 4 is 5.91 Å². The van der Waals surface area contributed by atoms with E-state index < -0.39 is 0 Å². The summed E-state index contributed by atoms with van der Waals surface area (Å²) in [5, 5.41) is 0. The van der Waals surface area contributed by atoms with Crippen molar-refractivity contribution in [2.24, 2.45) is 11.8 Å². The number of carbonyl (C=O) groups is 1. The summed E-state index contributed by atoms with van der Waals surface area (Å²) >= 11 is 0. The minimum Gasteiger partial charge on any atom is -0.383 e. The van der Waals surface area contributed by atoms with Crippen LogP contribution in [0.25, 0.3) is 0 Å². The second kappa shape index (κ2) is 8.45. The van der Waals surface area contributed by atoms with E-state index in [-0.39, 0.29) is 5.92 Å². The van der Waals surface area contributed by atoms with Crippen LogP contribution in [0.2, 0.25) is 0 Å². The Morgan fingerprint density at radius 2 is 1.87 bits per heavy atom. The van der Waals surface area contributed by atoms with Gasteiger partial charge >= 0.3 is 0 Å². The van der Waals surface area contributed by atoms with Gasteiger partial charge in [-0.15, -0.1) is 0 Å². The number of amides is 1. The number of rotatable bonds is 6. The molecule has 5 heteroatoms. The van der Waals surface area contributed by atoms with Crippen LogP contribution in [0.3, 0.4) is 0 Å². The number of carbonyl (C=O) groups excluding carboxylic acids is 1. The van der Waals surface area contributed by atoms with Crippen molar-refractivity contribution in [2.45, 2.75) is 46.2 Å². The summed E-state index contributed by atoms with van der Waals surface area (Å²) in [5.74, 6) is 1.20. The molecule has 0 radical (unpaired) electrons. The summed E-state index contributed by atoms with van der Waals surface area (Å²) in [7, 11) is 1.76. The third-order valence-corrected chi connectivity index (χ3v) is 5.17. The van der Waals surface area contributed by atoms with Gasteiger partial charge in [-0.05, 0) is 32.7 Å². The predicted molar refractivity (Wildman–Crippen MR) is 93.5 cm³/mol. The maximum Gasteiger partial charge on any atom is 0.227 e. The topological polar surface area (TPSA) is 36.0 Å². The molecule has 0 aromatic heterocycles. The predicted octanol–water partition coefficient (Wildman–Crippen LogP) is 1.53. The van der Waals surface area contributed by atoms with Crippen molar-refractivity contribution < 1.29 is 9.53 Å². The van der Waals surface area contributed by atoms with Gasteiger partial charge in [0.15, 0.2) is 0 Å². The van der Waals surface area contributed by atoms with E-state index in [1.165, 1.54) is 0 Å². The molecule has 0 N–H and O–H groups in total. The second-order valence-corrected chi connectivity index (χ2v) is 7.86. The van der Waals surface area contributed by atoms with Crippen molar-refractivity contribution in [3.8, 4) is 0 Å². The van der Waals surface area contributed by atoms with Gasteiger partial charge < -0.3 is 14.5 Å². The van der Waals surface area contributed by atoms with Crippen LogP contribution >= 0.6 is 0 Å². The van der Waals surface area contributed by atoms with Gasteiger partial charge in [-0.2, -0.15) is 0 Å². The minimum absolute atomic E-state index is 0.192. The lowest BCUT2D eigenvalue weighted by Crippen LogP contribution is -2.58. The third-order valence-electron chi connectivity index (χ3n) is 5.17. The highest BCUT2D eigenvalue weighted by atomic mass is 16.5. The number of piperazine rings is 1. The Morgan fingerprint density at radius 1 is 1.13 bits per heavy atom. The van der Waals surface area contributed by atoms with Gasteiger partial charge in [-0.25, -0.2) is 0 Å². The lowest BCUT2D eigenvalue weighted by atomic mass is 10.0. The quantitative estimate of drug-likeness (QED) is 0.742. The molecule has 134 valence electrons. The van der Waals surface area contributed by atoms with Crippen LogP contribution in [0.15, 0.2) is 0 Å². The zero-order valence-electron chi connectivity index (χ0n) is 15.6. The summed E-state index contributed by atoms with van der Waals surface area (Å²) in [6.45, 7) is 15.4. The first-order chi connectivity index (χ1) is 10.9. The third kappa shape index (κ3) is 4.91. The molecule has 2 atom stereocenters. The molecule has 0 aromatic carbocycles. The molecule has 0 saturated carbocycles. The van der Waals surface area contributed by atoms with E-state index >= 15 is 0 Å². The van der Waals surface area contributed by atoms with Crippen molar-refractivity contribution in [1.29, 1.82) is 0 Å². The van der Waals surface area contributed by atoms with E-state index in [1.807, 2.05) is 0 Å². The van der Waals surface area contributed by atoms with Gasteiger partial charge in [0.2, 0.25) is 5.91 Å². The monoisotopic (exact) mass is 325 g/mol. The van der Waals surface area contributed by atoms with Crippen LogP contribution in [-0.4, -0.2) is 85.7 Å². The summed E-state index contributed by atoms with van der Waals surface area (Å²) in [5.41, 5.74) is 0. The Morgan fingerprint density at radius 3 is 2.43 bits per heavy atom. The fourth-order valence-electron chi connectivity index (χ4n) is 3.87. The molecule has 0 aromatic rings. The SMILES string of the molecule is COC[C@H]1CN(C(=O)[C@@H]2CCN(C(C)C)C2)CCN1CC(C)C. The number of methoxy groups -OCH3 is 1. The van der Waals surface area contributed by atoms with Crippen molar-refractivity contribution in [2.75, 3.05) is 53.0 Å². The fraction of sp³-hybridized carbons (Fsp3) is 0.944. The van der Waals surface area contributed by atoms with Gasteiger partial charge in [0.25, 0.3) is 0 Å². The first-order valence-electron chi connectivity index (χ1n) is 9.18. The minimum atomic E-state index is 0.192. The van der Waals surface area contributed by atoms with E-state index in [4.69, 9.17) is 4.74 Å². The standard InChI is InChI=1S/C18H35N3O2/c1-14(2)10-20-8-9-21(12-17(20)13-23-5)18(22)16-6-7-19(11-16)15(3)4/h14-17H,6-13H2,1-5H3/t16-,17-/m1/s1. The number of likely N-dealkylation sites (tertiary alicyclic amines) is 1. The average Bonchev–Trinajstić information content (AvgIpc) is 2.98. The van der Waals surface area contributed by atoms with Gasteiger partial charge in [0.05, 0.1) is 18.6 Å². The Bertz CT molecular complexity index is 386. The van der Waals surface area contributed by atoms with Crippen LogP contribution in [0, 0.1) is 11.8 Å². The highest BCUT2D eigenvalue weighted by Crippen LogP contribution is 2.22. The molecule has 23 heavy (non-hydrogen) atoms. The molecule has 2 heterocycles. The lowest BCUT2D eigenvalue weighted by Gasteiger charge is -2.42. The molecule has 2 aliphatic heterocycles. The molecule has 5 nitrogen and oxygen atoms in total. The fourth-order valence-corrected chi connectivity index (χ4v) is 3.87. The number of ether oxygens (including phenoxy) is 1. The molecule has 2 fully saturated rings. The van der Waals surface area contributed by atoms with Crippen molar-refractivity contribution in [3.63, 3.8) is 0 Å². The average molecular weight is 325 g/mol. The van der Waals surface area contributed by atoms with Crippen LogP contribution in [0.5, 0.6) is 0 Å². The van der Waals surface area contributed by atoms with Gasteiger partial charge in [0, 0.05) is 45.9 Å². The van der Waals surface area contributed by atoms with Crippen LogP contribution in [0.1, 0.15) is 34.1 Å². The molecule has 0 bridgehead atoms. The van der Waals surface area contributed by atoms with E-state index in [1.54, 1.807) is 7.11 Å². The zero-order chi connectivity index (χ0) is 17.0. The Kier molecular flexibility index (Phi) is 6.86. The van der Waals surface area contributed by atoms with Gasteiger partial charge in [-0.1, -0.05) is 13.8 Å². The Hall–Kier alpha value is -0.650. The molecular formula is C18H35N3O2. The summed E-state index contributed by atoms with van der Waals surface area (Å²) in [6.07, 6.45) is 1.01. The van der Waals surface area contributed by atoms with E-state index in [0.29, 0.717) is 30.5 Å². The molecule has 0 spiro atoms. The van der Waals surface area contributed by atoms with E-state index in [9.17, 15) is 4.79 Å². The van der Waals surface area contributed by atoms with Crippen LogP contribution < -0.4 is 0 Å². The molecule has 2 saturated heterocycles.